The van der Waals surface area contributed by atoms with Crippen LogP contribution >= 0.6 is 0 Å². The molecule has 2 N–H and O–H groups in total. The maximum Gasteiger partial charge on any atom is 0.262 e. The van der Waals surface area contributed by atoms with Gasteiger partial charge in [0.2, 0.25) is 0 Å². The summed E-state index contributed by atoms with van der Waals surface area (Å²) in [6, 6.07) is 10.4. The van der Waals surface area contributed by atoms with Crippen LogP contribution in [-0.4, -0.2) is 30.5 Å². The van der Waals surface area contributed by atoms with E-state index in [4.69, 9.17) is 0 Å². The molecular weight excluding hydrogens is 377 g/mol. The van der Waals surface area contributed by atoms with Crippen LogP contribution in [0.25, 0.3) is 0 Å². The first-order valence-electron chi connectivity index (χ1n) is 9.08. The van der Waals surface area contributed by atoms with Gasteiger partial charge in [-0.05, 0) is 59.4 Å². The summed E-state index contributed by atoms with van der Waals surface area (Å²) in [6.07, 6.45) is 2.15. The minimum absolute atomic E-state index is 0.0720. The average molecular weight is 404 g/mol. The predicted molar refractivity (Wildman–Crippen MR) is 113 cm³/mol. The number of carbonyl (C=O) groups is 1. The molecule has 2 unspecified atom stereocenters. The Kier molecular flexibility index (Phi) is 5.48. The van der Waals surface area contributed by atoms with E-state index in [0.717, 1.165) is 28.9 Å². The van der Waals surface area contributed by atoms with Crippen LogP contribution in [0.5, 0.6) is 0 Å². The number of anilines is 2. The van der Waals surface area contributed by atoms with Gasteiger partial charge in [0.25, 0.3) is 5.91 Å². The molecule has 28 heavy (non-hydrogen) atoms. The number of hydrogen-bond donors (Lipinski definition) is 2. The van der Waals surface area contributed by atoms with Gasteiger partial charge < -0.3 is 10.2 Å². The molecule has 150 valence electrons. The zero-order valence-electron chi connectivity index (χ0n) is 16.8. The first-order valence-corrected chi connectivity index (χ1v) is 10.6. The Balaban J connectivity index is 1.96. The predicted octanol–water partition coefficient (Wildman–Crippen LogP) is 3.65. The van der Waals surface area contributed by atoms with E-state index in [2.05, 4.69) is 23.9 Å². The van der Waals surface area contributed by atoms with Gasteiger partial charge in [-0.2, -0.15) is 0 Å². The molecule has 0 aliphatic carbocycles. The zero-order chi connectivity index (χ0) is 20.6. The first-order chi connectivity index (χ1) is 13.1. The second-order valence-corrected chi connectivity index (χ2v) is 9.25. The van der Waals surface area contributed by atoms with E-state index in [9.17, 15) is 13.4 Å². The summed E-state index contributed by atoms with van der Waals surface area (Å²) in [5.74, 6) is -0.617. The second-order valence-electron chi connectivity index (χ2n) is 8.14. The molecule has 2 aromatic carbocycles. The number of rotatable bonds is 4. The normalized spacial score (nSPS) is 18.6. The molecule has 7 heteroatoms. The monoisotopic (exact) mass is 403 g/mol. The number of carbonyl (C=O) groups excluding carboxylic acids is 1. The van der Waals surface area contributed by atoms with E-state index in [1.54, 1.807) is 12.1 Å². The molecule has 5 nitrogen and oxygen atoms in total. The molecule has 3 rings (SSSR count). The van der Waals surface area contributed by atoms with Gasteiger partial charge in [0.15, 0.2) is 0 Å². The van der Waals surface area contributed by atoms with Gasteiger partial charge in [-0.25, -0.2) is 8.60 Å². The summed E-state index contributed by atoms with van der Waals surface area (Å²) in [4.78, 5) is 14.0. The fourth-order valence-electron chi connectivity index (χ4n) is 3.71. The molecule has 0 spiro atoms. The van der Waals surface area contributed by atoms with E-state index < -0.39 is 11.0 Å². The standard InChI is InChI=1S/C21H26FN3O2S/c1-21(2)12-15-8-13(20(26)24-28(5)27)6-7-18(15)23-19(21)14-9-16(22)11-17(10-14)25(3)4/h6-11,19,23H,12H2,1-5H3,(H,24,26). The van der Waals surface area contributed by atoms with Gasteiger partial charge in [-0.1, -0.05) is 13.8 Å². The Morgan fingerprint density at radius 2 is 1.96 bits per heavy atom. The molecule has 1 aliphatic heterocycles. The number of nitrogens with one attached hydrogen (secondary N) is 2. The number of hydrogen-bond acceptors (Lipinski definition) is 4. The Hall–Kier alpha value is -2.41. The van der Waals surface area contributed by atoms with Crippen LogP contribution in [0.3, 0.4) is 0 Å². The SMILES string of the molecule is CN(C)c1cc(F)cc(C2Nc3ccc(C(=O)NS(C)=O)cc3CC2(C)C)c1. The van der Waals surface area contributed by atoms with Crippen molar-refractivity contribution in [3.63, 3.8) is 0 Å². The number of fused-ring (bicyclic) bond motifs is 1. The lowest BCUT2D eigenvalue weighted by atomic mass is 9.72. The molecule has 1 amide bonds. The fourth-order valence-corrected chi connectivity index (χ4v) is 4.09. The highest BCUT2D eigenvalue weighted by Crippen LogP contribution is 2.45. The van der Waals surface area contributed by atoms with Gasteiger partial charge in [0.1, 0.15) is 16.8 Å². The summed E-state index contributed by atoms with van der Waals surface area (Å²) in [5, 5.41) is 3.53. The van der Waals surface area contributed by atoms with Crippen molar-refractivity contribution < 1.29 is 13.4 Å². The minimum atomic E-state index is -1.41. The topological polar surface area (TPSA) is 61.4 Å². The smallest absolute Gasteiger partial charge is 0.262 e. The third kappa shape index (κ3) is 4.19. The van der Waals surface area contributed by atoms with E-state index in [0.29, 0.717) is 5.56 Å². The molecule has 0 saturated carbocycles. The van der Waals surface area contributed by atoms with Crippen LogP contribution in [0, 0.1) is 11.2 Å². The fraction of sp³-hybridized carbons (Fsp3) is 0.381. The quantitative estimate of drug-likeness (QED) is 0.818. The highest BCUT2D eigenvalue weighted by atomic mass is 32.2. The van der Waals surface area contributed by atoms with Crippen molar-refractivity contribution in [2.24, 2.45) is 5.41 Å². The van der Waals surface area contributed by atoms with Crippen molar-refractivity contribution in [2.75, 3.05) is 30.6 Å². The molecule has 0 aromatic heterocycles. The molecular formula is C21H26FN3O2S. The summed E-state index contributed by atoms with van der Waals surface area (Å²) >= 11 is 0. The van der Waals surface area contributed by atoms with Gasteiger partial charge in [-0.3, -0.25) is 9.52 Å². The van der Waals surface area contributed by atoms with Crippen LogP contribution < -0.4 is 14.9 Å². The van der Waals surface area contributed by atoms with Gasteiger partial charge in [-0.15, -0.1) is 0 Å². The molecule has 0 fully saturated rings. The lowest BCUT2D eigenvalue weighted by Crippen LogP contribution is -2.35. The minimum Gasteiger partial charge on any atom is -0.378 e. The van der Waals surface area contributed by atoms with E-state index in [1.165, 1.54) is 12.3 Å². The van der Waals surface area contributed by atoms with Gasteiger partial charge in [0, 0.05) is 37.3 Å². The highest BCUT2D eigenvalue weighted by molar-refractivity contribution is 7.82. The van der Waals surface area contributed by atoms with Gasteiger partial charge >= 0.3 is 0 Å². The van der Waals surface area contributed by atoms with E-state index in [-0.39, 0.29) is 23.2 Å². The van der Waals surface area contributed by atoms with Gasteiger partial charge in [0.05, 0.1) is 6.04 Å². The maximum absolute atomic E-state index is 14.2. The molecule has 1 aliphatic rings. The van der Waals surface area contributed by atoms with Crippen molar-refractivity contribution in [2.45, 2.75) is 26.3 Å². The number of amides is 1. The van der Waals surface area contributed by atoms with Crippen molar-refractivity contribution in [1.29, 1.82) is 0 Å². The lowest BCUT2D eigenvalue weighted by molar-refractivity contribution is 0.0983. The Morgan fingerprint density at radius 1 is 1.25 bits per heavy atom. The molecule has 2 atom stereocenters. The summed E-state index contributed by atoms with van der Waals surface area (Å²) in [6.45, 7) is 4.25. The third-order valence-corrected chi connectivity index (χ3v) is 5.56. The highest BCUT2D eigenvalue weighted by Gasteiger charge is 2.36. The molecule has 0 radical (unpaired) electrons. The Bertz CT molecular complexity index is 943. The largest absolute Gasteiger partial charge is 0.378 e. The molecule has 1 heterocycles. The molecule has 2 aromatic rings. The van der Waals surface area contributed by atoms with Crippen LogP contribution in [0.4, 0.5) is 15.8 Å². The van der Waals surface area contributed by atoms with Crippen molar-refractivity contribution in [3.05, 3.63) is 58.9 Å². The first kappa shape index (κ1) is 20.3. The summed E-state index contributed by atoms with van der Waals surface area (Å²) in [7, 11) is 2.38. The van der Waals surface area contributed by atoms with Crippen molar-refractivity contribution in [1.82, 2.24) is 4.72 Å². The van der Waals surface area contributed by atoms with Crippen LogP contribution in [0.2, 0.25) is 0 Å². The van der Waals surface area contributed by atoms with Crippen molar-refractivity contribution >= 4 is 28.3 Å². The zero-order valence-corrected chi connectivity index (χ0v) is 17.6. The molecule has 0 bridgehead atoms. The van der Waals surface area contributed by atoms with E-state index in [1.807, 2.05) is 37.2 Å². The average Bonchev–Trinajstić information content (AvgIpc) is 2.58. The number of nitrogens with zero attached hydrogens (tertiary/aromatic N) is 1. The Morgan fingerprint density at radius 3 is 2.61 bits per heavy atom. The van der Waals surface area contributed by atoms with E-state index >= 15 is 0 Å². The lowest BCUT2D eigenvalue weighted by Gasteiger charge is -2.41. The van der Waals surface area contributed by atoms with Crippen LogP contribution in [-0.2, 0) is 17.4 Å². The Labute approximate surface area is 167 Å². The maximum atomic E-state index is 14.2. The number of halogens is 1. The second kappa shape index (κ2) is 7.54. The summed E-state index contributed by atoms with van der Waals surface area (Å²) < 4.78 is 27.9. The van der Waals surface area contributed by atoms with Crippen molar-refractivity contribution in [3.8, 4) is 0 Å². The van der Waals surface area contributed by atoms with Crippen LogP contribution in [0.15, 0.2) is 36.4 Å². The molecule has 0 saturated heterocycles. The third-order valence-electron chi connectivity index (χ3n) is 5.09. The summed E-state index contributed by atoms with van der Waals surface area (Å²) in [5.41, 5.74) is 3.92. The van der Waals surface area contributed by atoms with Crippen LogP contribution in [0.1, 0.15) is 41.4 Å². The number of benzene rings is 2.